The van der Waals surface area contributed by atoms with Crippen LogP contribution in [0, 0.1) is 6.92 Å². The van der Waals surface area contributed by atoms with Crippen molar-refractivity contribution in [2.45, 2.75) is 45.7 Å². The Kier molecular flexibility index (Phi) is 4.59. The van der Waals surface area contributed by atoms with E-state index in [0.717, 1.165) is 46.2 Å². The van der Waals surface area contributed by atoms with Crippen molar-refractivity contribution in [3.63, 3.8) is 0 Å². The molecule has 5 nitrogen and oxygen atoms in total. The second kappa shape index (κ2) is 7.03. The molecule has 134 valence electrons. The molecule has 1 aromatic carbocycles. The predicted octanol–water partition coefficient (Wildman–Crippen LogP) is 2.96. The normalized spacial score (nSPS) is 13.6. The molecule has 0 unspecified atom stereocenters. The van der Waals surface area contributed by atoms with Crippen molar-refractivity contribution in [2.75, 3.05) is 0 Å². The zero-order valence-electron chi connectivity index (χ0n) is 14.7. The Bertz CT molecular complexity index is 1040. The molecule has 0 saturated carbocycles. The molecule has 1 aliphatic rings. The van der Waals surface area contributed by atoms with E-state index in [9.17, 15) is 9.59 Å². The van der Waals surface area contributed by atoms with Crippen LogP contribution < -0.4 is 10.9 Å². The van der Waals surface area contributed by atoms with E-state index < -0.39 is 0 Å². The molecule has 3 aromatic rings. The standard InChI is InChI=1S/C20H21N3O2S/c1-13-6-2-3-7-14(13)10-21-17(24)11-23-12-22-19-18(20(23)25)15-8-4-5-9-16(15)26-19/h2-3,6-7,12H,4-5,8-11H2,1H3,(H,21,24). The topological polar surface area (TPSA) is 64.0 Å². The van der Waals surface area contributed by atoms with Gasteiger partial charge in [-0.25, -0.2) is 4.98 Å². The van der Waals surface area contributed by atoms with E-state index in [-0.39, 0.29) is 18.0 Å². The highest BCUT2D eigenvalue weighted by Gasteiger charge is 2.20. The molecule has 0 fully saturated rings. The number of thiophene rings is 1. The SMILES string of the molecule is Cc1ccccc1CNC(=O)Cn1cnc2sc3c(c2c1=O)CCCC3. The van der Waals surface area contributed by atoms with Gasteiger partial charge in [-0.2, -0.15) is 0 Å². The van der Waals surface area contributed by atoms with E-state index in [4.69, 9.17) is 0 Å². The van der Waals surface area contributed by atoms with Crippen LogP contribution in [0.4, 0.5) is 0 Å². The molecule has 2 heterocycles. The number of carbonyl (C=O) groups is 1. The second-order valence-electron chi connectivity index (χ2n) is 6.77. The average Bonchev–Trinajstić information content (AvgIpc) is 3.03. The third kappa shape index (κ3) is 3.17. The van der Waals surface area contributed by atoms with Crippen molar-refractivity contribution in [3.8, 4) is 0 Å². The van der Waals surface area contributed by atoms with Gasteiger partial charge in [0.2, 0.25) is 5.91 Å². The molecule has 26 heavy (non-hydrogen) atoms. The first-order valence-electron chi connectivity index (χ1n) is 8.94. The van der Waals surface area contributed by atoms with Crippen molar-refractivity contribution < 1.29 is 4.79 Å². The van der Waals surface area contributed by atoms with Crippen molar-refractivity contribution in [1.82, 2.24) is 14.9 Å². The summed E-state index contributed by atoms with van der Waals surface area (Å²) in [5.74, 6) is -0.180. The Morgan fingerprint density at radius 2 is 2.08 bits per heavy atom. The fourth-order valence-electron chi connectivity index (χ4n) is 3.51. The molecule has 2 aromatic heterocycles. The van der Waals surface area contributed by atoms with E-state index >= 15 is 0 Å². The Hall–Kier alpha value is -2.47. The maximum Gasteiger partial charge on any atom is 0.262 e. The van der Waals surface area contributed by atoms with E-state index in [2.05, 4.69) is 10.3 Å². The van der Waals surface area contributed by atoms with Gasteiger partial charge in [-0.3, -0.25) is 14.2 Å². The number of nitrogens with zero attached hydrogens (tertiary/aromatic N) is 2. The third-order valence-corrected chi connectivity index (χ3v) is 6.19. The first-order valence-corrected chi connectivity index (χ1v) is 9.76. The number of benzene rings is 1. The van der Waals surface area contributed by atoms with E-state index in [1.54, 1.807) is 11.3 Å². The lowest BCUT2D eigenvalue weighted by Gasteiger charge is -2.11. The van der Waals surface area contributed by atoms with Gasteiger partial charge in [-0.1, -0.05) is 24.3 Å². The summed E-state index contributed by atoms with van der Waals surface area (Å²) in [6.07, 6.45) is 5.77. The molecule has 0 saturated heterocycles. The maximum atomic E-state index is 12.9. The van der Waals surface area contributed by atoms with Gasteiger partial charge in [0.15, 0.2) is 0 Å². The number of amides is 1. The van der Waals surface area contributed by atoms with E-state index in [1.165, 1.54) is 22.2 Å². The largest absolute Gasteiger partial charge is 0.350 e. The van der Waals surface area contributed by atoms with E-state index in [1.807, 2.05) is 31.2 Å². The van der Waals surface area contributed by atoms with Crippen LogP contribution in [0.2, 0.25) is 0 Å². The molecule has 1 N–H and O–H groups in total. The fourth-order valence-corrected chi connectivity index (χ4v) is 4.73. The summed E-state index contributed by atoms with van der Waals surface area (Å²) >= 11 is 1.63. The van der Waals surface area contributed by atoms with Crippen molar-refractivity contribution in [1.29, 1.82) is 0 Å². The molecule has 4 rings (SSSR count). The summed E-state index contributed by atoms with van der Waals surface area (Å²) in [7, 11) is 0. The van der Waals surface area contributed by atoms with Crippen molar-refractivity contribution >= 4 is 27.5 Å². The van der Waals surface area contributed by atoms with Crippen LogP contribution in [0.15, 0.2) is 35.4 Å². The summed E-state index contributed by atoms with van der Waals surface area (Å²) in [6.45, 7) is 2.48. The number of hydrogen-bond acceptors (Lipinski definition) is 4. The van der Waals surface area contributed by atoms with Crippen LogP contribution in [0.25, 0.3) is 10.2 Å². The van der Waals surface area contributed by atoms with Gasteiger partial charge < -0.3 is 5.32 Å². The van der Waals surface area contributed by atoms with E-state index in [0.29, 0.717) is 6.54 Å². The third-order valence-electron chi connectivity index (χ3n) is 4.99. The lowest BCUT2D eigenvalue weighted by atomic mass is 9.97. The quantitative estimate of drug-likeness (QED) is 0.771. The highest BCUT2D eigenvalue weighted by atomic mass is 32.1. The molecular weight excluding hydrogens is 346 g/mol. The van der Waals surface area contributed by atoms with Crippen LogP contribution in [0.1, 0.15) is 34.4 Å². The Labute approximate surface area is 155 Å². The molecule has 0 radical (unpaired) electrons. The Morgan fingerprint density at radius 1 is 1.27 bits per heavy atom. The fraction of sp³-hybridized carbons (Fsp3) is 0.350. The lowest BCUT2D eigenvalue weighted by molar-refractivity contribution is -0.121. The Morgan fingerprint density at radius 3 is 2.92 bits per heavy atom. The van der Waals surface area contributed by atoms with Gasteiger partial charge in [0.25, 0.3) is 5.56 Å². The number of rotatable bonds is 4. The molecule has 6 heteroatoms. The minimum absolute atomic E-state index is 0.00171. The minimum Gasteiger partial charge on any atom is -0.350 e. The molecule has 1 amide bonds. The zero-order valence-corrected chi connectivity index (χ0v) is 15.6. The molecule has 0 aliphatic heterocycles. The van der Waals surface area contributed by atoms with Gasteiger partial charge in [-0.05, 0) is 49.3 Å². The number of hydrogen-bond donors (Lipinski definition) is 1. The first-order chi connectivity index (χ1) is 12.6. The van der Waals surface area contributed by atoms with Gasteiger partial charge >= 0.3 is 0 Å². The number of aryl methyl sites for hydroxylation is 3. The van der Waals surface area contributed by atoms with Crippen LogP contribution >= 0.6 is 11.3 Å². The maximum absolute atomic E-state index is 12.9. The molecular formula is C20H21N3O2S. The molecule has 1 aliphatic carbocycles. The number of nitrogens with one attached hydrogen (secondary N) is 1. The number of fused-ring (bicyclic) bond motifs is 3. The summed E-state index contributed by atoms with van der Waals surface area (Å²) < 4.78 is 1.43. The van der Waals surface area contributed by atoms with Gasteiger partial charge in [-0.15, -0.1) is 11.3 Å². The highest BCUT2D eigenvalue weighted by Crippen LogP contribution is 2.33. The average molecular weight is 367 g/mol. The number of carbonyl (C=O) groups excluding carboxylic acids is 1. The van der Waals surface area contributed by atoms with Gasteiger partial charge in [0, 0.05) is 11.4 Å². The van der Waals surface area contributed by atoms with Gasteiger partial charge in [0.05, 0.1) is 11.7 Å². The summed E-state index contributed by atoms with van der Waals surface area (Å²) in [4.78, 5) is 31.7. The Balaban J connectivity index is 1.53. The first kappa shape index (κ1) is 17.0. The molecule has 0 atom stereocenters. The molecule has 0 bridgehead atoms. The highest BCUT2D eigenvalue weighted by molar-refractivity contribution is 7.18. The summed E-state index contributed by atoms with van der Waals surface area (Å²) in [6, 6.07) is 7.94. The lowest BCUT2D eigenvalue weighted by Crippen LogP contribution is -2.32. The zero-order chi connectivity index (χ0) is 18.1. The second-order valence-corrected chi connectivity index (χ2v) is 7.86. The van der Waals surface area contributed by atoms with Crippen LogP contribution in [-0.4, -0.2) is 15.5 Å². The number of aromatic nitrogens is 2. The summed E-state index contributed by atoms with van der Waals surface area (Å²) in [5, 5.41) is 3.62. The van der Waals surface area contributed by atoms with Crippen LogP contribution in [0.5, 0.6) is 0 Å². The van der Waals surface area contributed by atoms with Crippen LogP contribution in [0.3, 0.4) is 0 Å². The van der Waals surface area contributed by atoms with Crippen LogP contribution in [-0.2, 0) is 30.7 Å². The minimum atomic E-state index is -0.180. The van der Waals surface area contributed by atoms with Gasteiger partial charge in [0.1, 0.15) is 11.4 Å². The monoisotopic (exact) mass is 367 g/mol. The van der Waals surface area contributed by atoms with Crippen molar-refractivity contribution in [2.24, 2.45) is 0 Å². The molecule has 0 spiro atoms. The van der Waals surface area contributed by atoms with Crippen molar-refractivity contribution in [3.05, 3.63) is 62.5 Å². The summed E-state index contributed by atoms with van der Waals surface area (Å²) in [5.41, 5.74) is 3.27. The predicted molar refractivity (Wildman–Crippen MR) is 104 cm³/mol. The smallest absolute Gasteiger partial charge is 0.262 e.